The van der Waals surface area contributed by atoms with E-state index in [0.29, 0.717) is 6.54 Å². The Labute approximate surface area is 110 Å². The third-order valence-electron chi connectivity index (χ3n) is 3.28. The molecule has 0 saturated carbocycles. The highest BCUT2D eigenvalue weighted by Crippen LogP contribution is 2.24. The van der Waals surface area contributed by atoms with Gasteiger partial charge in [0.2, 0.25) is 0 Å². The van der Waals surface area contributed by atoms with Crippen molar-refractivity contribution in [2.45, 2.75) is 6.54 Å². The summed E-state index contributed by atoms with van der Waals surface area (Å²) < 4.78 is 15.0. The molecule has 0 aliphatic rings. The van der Waals surface area contributed by atoms with Gasteiger partial charge in [0, 0.05) is 19.2 Å². The summed E-state index contributed by atoms with van der Waals surface area (Å²) in [5.74, 6) is 0.581. The smallest absolute Gasteiger partial charge is 0.140 e. The SMILES string of the molecule is Cn1c(-c2ccc(F)cc2)nc2cc(CN)ccc21. The van der Waals surface area contributed by atoms with E-state index >= 15 is 0 Å². The molecule has 1 aromatic heterocycles. The molecule has 0 aliphatic carbocycles. The fraction of sp³-hybridized carbons (Fsp3) is 0.133. The van der Waals surface area contributed by atoms with Crippen molar-refractivity contribution in [3.8, 4) is 11.4 Å². The summed E-state index contributed by atoms with van der Waals surface area (Å²) in [5, 5.41) is 0. The van der Waals surface area contributed by atoms with E-state index in [1.807, 2.05) is 29.8 Å². The highest BCUT2D eigenvalue weighted by molar-refractivity contribution is 5.81. The molecule has 19 heavy (non-hydrogen) atoms. The molecule has 0 radical (unpaired) electrons. The Morgan fingerprint density at radius 3 is 2.58 bits per heavy atom. The quantitative estimate of drug-likeness (QED) is 0.765. The summed E-state index contributed by atoms with van der Waals surface area (Å²) in [7, 11) is 1.95. The number of nitrogens with zero attached hydrogens (tertiary/aromatic N) is 2. The molecule has 2 aromatic carbocycles. The van der Waals surface area contributed by atoms with Crippen LogP contribution in [0.2, 0.25) is 0 Å². The Morgan fingerprint density at radius 2 is 1.89 bits per heavy atom. The van der Waals surface area contributed by atoms with Gasteiger partial charge in [-0.2, -0.15) is 0 Å². The summed E-state index contributed by atoms with van der Waals surface area (Å²) in [5.41, 5.74) is 9.53. The Kier molecular flexibility index (Phi) is 2.80. The second-order valence-corrected chi connectivity index (χ2v) is 4.53. The van der Waals surface area contributed by atoms with Crippen molar-refractivity contribution >= 4 is 11.0 Å². The second kappa shape index (κ2) is 4.48. The molecule has 0 unspecified atom stereocenters. The Hall–Kier alpha value is -2.20. The van der Waals surface area contributed by atoms with Crippen molar-refractivity contribution in [3.63, 3.8) is 0 Å². The van der Waals surface area contributed by atoms with E-state index in [1.165, 1.54) is 12.1 Å². The molecule has 0 aliphatic heterocycles. The van der Waals surface area contributed by atoms with Gasteiger partial charge in [-0.25, -0.2) is 9.37 Å². The largest absolute Gasteiger partial charge is 0.327 e. The zero-order valence-electron chi connectivity index (χ0n) is 10.6. The number of imidazole rings is 1. The van der Waals surface area contributed by atoms with Gasteiger partial charge in [-0.1, -0.05) is 6.07 Å². The molecule has 0 saturated heterocycles. The first-order chi connectivity index (χ1) is 9.19. The van der Waals surface area contributed by atoms with Crippen LogP contribution in [0, 0.1) is 5.82 Å². The van der Waals surface area contributed by atoms with Crippen molar-refractivity contribution in [2.75, 3.05) is 0 Å². The third-order valence-corrected chi connectivity index (χ3v) is 3.28. The molecule has 2 N–H and O–H groups in total. The fourth-order valence-electron chi connectivity index (χ4n) is 2.23. The van der Waals surface area contributed by atoms with Gasteiger partial charge >= 0.3 is 0 Å². The molecular formula is C15H14FN3. The molecule has 0 amide bonds. The van der Waals surface area contributed by atoms with Crippen LogP contribution in [0.15, 0.2) is 42.5 Å². The fourth-order valence-corrected chi connectivity index (χ4v) is 2.23. The normalized spacial score (nSPS) is 11.1. The minimum absolute atomic E-state index is 0.243. The van der Waals surface area contributed by atoms with E-state index in [0.717, 1.165) is 28.0 Å². The minimum atomic E-state index is -0.243. The van der Waals surface area contributed by atoms with Gasteiger partial charge in [0.05, 0.1) is 11.0 Å². The van der Waals surface area contributed by atoms with Crippen LogP contribution in [0.3, 0.4) is 0 Å². The zero-order chi connectivity index (χ0) is 13.4. The number of hydrogen-bond donors (Lipinski definition) is 1. The lowest BCUT2D eigenvalue weighted by atomic mass is 10.2. The Morgan fingerprint density at radius 1 is 1.16 bits per heavy atom. The first-order valence-corrected chi connectivity index (χ1v) is 6.10. The summed E-state index contributed by atoms with van der Waals surface area (Å²) in [4.78, 5) is 4.61. The number of halogens is 1. The topological polar surface area (TPSA) is 43.8 Å². The van der Waals surface area contributed by atoms with E-state index in [1.54, 1.807) is 12.1 Å². The van der Waals surface area contributed by atoms with Crippen molar-refractivity contribution in [1.82, 2.24) is 9.55 Å². The van der Waals surface area contributed by atoms with Gasteiger partial charge in [0.25, 0.3) is 0 Å². The molecule has 0 atom stereocenters. The molecular weight excluding hydrogens is 241 g/mol. The molecule has 3 aromatic rings. The molecule has 1 heterocycles. The predicted octanol–water partition coefficient (Wildman–Crippen LogP) is 2.84. The van der Waals surface area contributed by atoms with E-state index in [-0.39, 0.29) is 5.82 Å². The maximum absolute atomic E-state index is 13.0. The number of benzene rings is 2. The Balaban J connectivity index is 2.19. The maximum Gasteiger partial charge on any atom is 0.140 e. The highest BCUT2D eigenvalue weighted by Gasteiger charge is 2.10. The van der Waals surface area contributed by atoms with Crippen LogP contribution in [0.5, 0.6) is 0 Å². The van der Waals surface area contributed by atoms with Crippen LogP contribution in [0.4, 0.5) is 4.39 Å². The van der Waals surface area contributed by atoms with Gasteiger partial charge in [0.1, 0.15) is 11.6 Å². The van der Waals surface area contributed by atoms with Crippen LogP contribution >= 0.6 is 0 Å². The molecule has 3 nitrogen and oxygen atoms in total. The van der Waals surface area contributed by atoms with E-state index in [4.69, 9.17) is 5.73 Å². The van der Waals surface area contributed by atoms with Crippen LogP contribution in [-0.2, 0) is 13.6 Å². The lowest BCUT2D eigenvalue weighted by Crippen LogP contribution is -1.95. The van der Waals surface area contributed by atoms with Crippen molar-refractivity contribution < 1.29 is 4.39 Å². The number of rotatable bonds is 2. The molecule has 3 rings (SSSR count). The highest BCUT2D eigenvalue weighted by atomic mass is 19.1. The molecule has 0 bridgehead atoms. The summed E-state index contributed by atoms with van der Waals surface area (Å²) >= 11 is 0. The first kappa shape index (κ1) is 11.9. The van der Waals surface area contributed by atoms with E-state index < -0.39 is 0 Å². The number of fused-ring (bicyclic) bond motifs is 1. The van der Waals surface area contributed by atoms with Crippen molar-refractivity contribution in [3.05, 3.63) is 53.8 Å². The van der Waals surface area contributed by atoms with Crippen LogP contribution in [0.25, 0.3) is 22.4 Å². The van der Waals surface area contributed by atoms with Gasteiger partial charge in [-0.05, 0) is 42.0 Å². The van der Waals surface area contributed by atoms with Crippen LogP contribution in [-0.4, -0.2) is 9.55 Å². The monoisotopic (exact) mass is 255 g/mol. The van der Waals surface area contributed by atoms with Gasteiger partial charge in [-0.3, -0.25) is 0 Å². The third kappa shape index (κ3) is 2.00. The van der Waals surface area contributed by atoms with Gasteiger partial charge < -0.3 is 10.3 Å². The van der Waals surface area contributed by atoms with Gasteiger partial charge in [0.15, 0.2) is 0 Å². The number of aromatic nitrogens is 2. The summed E-state index contributed by atoms with van der Waals surface area (Å²) in [6.45, 7) is 0.498. The first-order valence-electron chi connectivity index (χ1n) is 6.10. The number of aryl methyl sites for hydroxylation is 1. The van der Waals surface area contributed by atoms with E-state index in [2.05, 4.69) is 4.98 Å². The lowest BCUT2D eigenvalue weighted by Gasteiger charge is -2.02. The molecule has 4 heteroatoms. The number of hydrogen-bond acceptors (Lipinski definition) is 2. The number of nitrogens with two attached hydrogens (primary N) is 1. The summed E-state index contributed by atoms with van der Waals surface area (Å²) in [6.07, 6.45) is 0. The lowest BCUT2D eigenvalue weighted by molar-refractivity contribution is 0.628. The average molecular weight is 255 g/mol. The Bertz CT molecular complexity index is 729. The van der Waals surface area contributed by atoms with Crippen LogP contribution < -0.4 is 5.73 Å². The van der Waals surface area contributed by atoms with E-state index in [9.17, 15) is 4.39 Å². The van der Waals surface area contributed by atoms with Crippen molar-refractivity contribution in [1.29, 1.82) is 0 Å². The zero-order valence-corrected chi connectivity index (χ0v) is 10.6. The maximum atomic E-state index is 13.0. The minimum Gasteiger partial charge on any atom is -0.327 e. The molecule has 0 spiro atoms. The average Bonchev–Trinajstić information content (AvgIpc) is 2.76. The van der Waals surface area contributed by atoms with Crippen LogP contribution in [0.1, 0.15) is 5.56 Å². The molecule has 0 fully saturated rings. The predicted molar refractivity (Wildman–Crippen MR) is 74.0 cm³/mol. The second-order valence-electron chi connectivity index (χ2n) is 4.53. The van der Waals surface area contributed by atoms with Crippen molar-refractivity contribution in [2.24, 2.45) is 12.8 Å². The molecule has 96 valence electrons. The van der Waals surface area contributed by atoms with Gasteiger partial charge in [-0.15, -0.1) is 0 Å². The standard InChI is InChI=1S/C15H14FN3/c1-19-14-7-2-10(9-17)8-13(14)18-15(19)11-3-5-12(16)6-4-11/h2-8H,9,17H2,1H3. The summed E-state index contributed by atoms with van der Waals surface area (Å²) in [6, 6.07) is 12.4.